The normalized spacial score (nSPS) is 33.2. The third-order valence-electron chi connectivity index (χ3n) is 2.48. The van der Waals surface area contributed by atoms with Gasteiger partial charge in [-0.2, -0.15) is 0 Å². The number of hydrogen-bond donors (Lipinski definition) is 0. The van der Waals surface area contributed by atoms with Crippen LogP contribution in [0.5, 0.6) is 0 Å². The minimum Gasteiger partial charge on any atom is -0.300 e. The van der Waals surface area contributed by atoms with Gasteiger partial charge in [-0.1, -0.05) is 20.3 Å². The minimum absolute atomic E-state index is 0.367. The van der Waals surface area contributed by atoms with Gasteiger partial charge in [0.15, 0.2) is 0 Å². The van der Waals surface area contributed by atoms with E-state index in [0.29, 0.717) is 11.2 Å². The number of carbonyl (C=O) groups is 1. The van der Waals surface area contributed by atoms with Crippen LogP contribution in [-0.2, 0) is 4.79 Å². The Bertz CT molecular complexity index is 140. The molecule has 1 nitrogen and oxygen atoms in total. The van der Waals surface area contributed by atoms with Gasteiger partial charge in [-0.3, -0.25) is 4.79 Å². The highest BCUT2D eigenvalue weighted by atomic mass is 16.1. The average Bonchev–Trinajstić information content (AvgIpc) is 2.12. The zero-order valence-corrected chi connectivity index (χ0v) is 6.94. The molecule has 0 spiro atoms. The molecule has 0 heterocycles. The summed E-state index contributed by atoms with van der Waals surface area (Å²) in [6, 6.07) is 0. The Balaban J connectivity index is 2.46. The number of Topliss-reactive ketones (excluding diaryl/α,β-unsaturated/α-hetero) is 1. The monoisotopic (exact) mass is 140 g/mol. The molecule has 0 aromatic carbocycles. The molecule has 1 aliphatic rings. The van der Waals surface area contributed by atoms with E-state index >= 15 is 0 Å². The van der Waals surface area contributed by atoms with Crippen LogP contribution in [0.4, 0.5) is 0 Å². The van der Waals surface area contributed by atoms with E-state index in [1.165, 1.54) is 12.8 Å². The van der Waals surface area contributed by atoms with Crippen LogP contribution in [0.2, 0.25) is 0 Å². The van der Waals surface area contributed by atoms with Crippen LogP contribution < -0.4 is 0 Å². The maximum atomic E-state index is 10.9. The highest BCUT2D eigenvalue weighted by molar-refractivity contribution is 5.81. The average molecular weight is 140 g/mol. The van der Waals surface area contributed by atoms with Crippen molar-refractivity contribution in [3.05, 3.63) is 0 Å². The molecular weight excluding hydrogens is 124 g/mol. The molecule has 1 rings (SSSR count). The summed E-state index contributed by atoms with van der Waals surface area (Å²) in [6.45, 7) is 4.43. The molecule has 1 saturated carbocycles. The Morgan fingerprint density at radius 2 is 2.30 bits per heavy atom. The zero-order valence-electron chi connectivity index (χ0n) is 6.94. The van der Waals surface area contributed by atoms with Crippen LogP contribution in [0.1, 0.15) is 46.0 Å². The van der Waals surface area contributed by atoms with Crippen LogP contribution in [0.15, 0.2) is 0 Å². The molecule has 1 fully saturated rings. The smallest absolute Gasteiger partial charge is 0.133 e. The lowest BCUT2D eigenvalue weighted by Gasteiger charge is -2.20. The van der Waals surface area contributed by atoms with E-state index in [0.717, 1.165) is 19.3 Å². The van der Waals surface area contributed by atoms with Gasteiger partial charge in [-0.15, -0.1) is 0 Å². The van der Waals surface area contributed by atoms with E-state index in [1.807, 2.05) is 0 Å². The molecule has 1 unspecified atom stereocenters. The van der Waals surface area contributed by atoms with Crippen LogP contribution in [0, 0.1) is 5.41 Å². The van der Waals surface area contributed by atoms with E-state index in [4.69, 9.17) is 0 Å². The molecule has 0 aromatic rings. The highest BCUT2D eigenvalue weighted by Gasteiger charge is 2.32. The van der Waals surface area contributed by atoms with E-state index in [2.05, 4.69) is 13.8 Å². The predicted molar refractivity (Wildman–Crippen MR) is 41.9 cm³/mol. The lowest BCUT2D eigenvalue weighted by Crippen LogP contribution is -2.10. The summed E-state index contributed by atoms with van der Waals surface area (Å²) in [5.41, 5.74) is 0.367. The number of hydrogen-bond acceptors (Lipinski definition) is 1. The van der Waals surface area contributed by atoms with Crippen molar-refractivity contribution < 1.29 is 4.79 Å². The molecule has 0 radical (unpaired) electrons. The second-order valence-corrected chi connectivity index (χ2v) is 3.78. The van der Waals surface area contributed by atoms with Crippen molar-refractivity contribution in [2.24, 2.45) is 5.41 Å². The molecule has 1 aliphatic carbocycles. The number of carbonyl (C=O) groups excluding carboxylic acids is 1. The van der Waals surface area contributed by atoms with Crippen LogP contribution in [-0.4, -0.2) is 5.78 Å². The topological polar surface area (TPSA) is 17.1 Å². The molecule has 0 aromatic heterocycles. The summed E-state index contributed by atoms with van der Waals surface area (Å²) in [5.74, 6) is 0.468. The molecule has 1 heteroatoms. The molecule has 0 saturated heterocycles. The molecule has 10 heavy (non-hydrogen) atoms. The first-order chi connectivity index (χ1) is 4.66. The van der Waals surface area contributed by atoms with E-state index in [-0.39, 0.29) is 0 Å². The van der Waals surface area contributed by atoms with Gasteiger partial charge in [0.05, 0.1) is 0 Å². The van der Waals surface area contributed by atoms with Crippen LogP contribution in [0.3, 0.4) is 0 Å². The summed E-state index contributed by atoms with van der Waals surface area (Å²) in [5, 5.41) is 0. The Kier molecular flexibility index (Phi) is 2.12. The van der Waals surface area contributed by atoms with Gasteiger partial charge in [0, 0.05) is 12.8 Å². The lowest BCUT2D eigenvalue weighted by molar-refractivity contribution is -0.118. The van der Waals surface area contributed by atoms with Crippen molar-refractivity contribution in [3.63, 3.8) is 0 Å². The Morgan fingerprint density at radius 1 is 1.60 bits per heavy atom. The second kappa shape index (κ2) is 2.73. The quantitative estimate of drug-likeness (QED) is 0.576. The van der Waals surface area contributed by atoms with Crippen molar-refractivity contribution in [1.29, 1.82) is 0 Å². The van der Waals surface area contributed by atoms with Gasteiger partial charge in [0.25, 0.3) is 0 Å². The van der Waals surface area contributed by atoms with Crippen molar-refractivity contribution in [1.82, 2.24) is 0 Å². The zero-order chi connectivity index (χ0) is 7.61. The predicted octanol–water partition coefficient (Wildman–Crippen LogP) is 2.55. The highest BCUT2D eigenvalue weighted by Crippen LogP contribution is 2.39. The van der Waals surface area contributed by atoms with Crippen molar-refractivity contribution in [2.75, 3.05) is 0 Å². The van der Waals surface area contributed by atoms with Crippen LogP contribution >= 0.6 is 0 Å². The Hall–Kier alpha value is -0.330. The molecular formula is C9H16O. The first-order valence-electron chi connectivity index (χ1n) is 4.18. The Morgan fingerprint density at radius 3 is 2.70 bits per heavy atom. The largest absolute Gasteiger partial charge is 0.300 e. The lowest BCUT2D eigenvalue weighted by atomic mass is 9.84. The van der Waals surface area contributed by atoms with Gasteiger partial charge >= 0.3 is 0 Å². The third-order valence-corrected chi connectivity index (χ3v) is 2.48. The van der Waals surface area contributed by atoms with Gasteiger partial charge in [0.2, 0.25) is 0 Å². The molecule has 0 aliphatic heterocycles. The summed E-state index contributed by atoms with van der Waals surface area (Å²) in [7, 11) is 0. The molecule has 0 N–H and O–H groups in total. The van der Waals surface area contributed by atoms with Crippen molar-refractivity contribution >= 4 is 5.78 Å². The van der Waals surface area contributed by atoms with Gasteiger partial charge < -0.3 is 0 Å². The summed E-state index contributed by atoms with van der Waals surface area (Å²) >= 11 is 0. The van der Waals surface area contributed by atoms with E-state index in [9.17, 15) is 4.79 Å². The molecule has 58 valence electrons. The van der Waals surface area contributed by atoms with Gasteiger partial charge in [0.1, 0.15) is 5.78 Å². The molecule has 0 bridgehead atoms. The minimum atomic E-state index is 0.367. The third kappa shape index (κ3) is 1.59. The van der Waals surface area contributed by atoms with Crippen LogP contribution in [0.25, 0.3) is 0 Å². The second-order valence-electron chi connectivity index (χ2n) is 3.78. The first kappa shape index (κ1) is 7.77. The summed E-state index contributed by atoms with van der Waals surface area (Å²) < 4.78 is 0. The van der Waals surface area contributed by atoms with Gasteiger partial charge in [-0.05, 0) is 18.3 Å². The fraction of sp³-hybridized carbons (Fsp3) is 0.889. The number of ketones is 1. The van der Waals surface area contributed by atoms with E-state index in [1.54, 1.807) is 0 Å². The van der Waals surface area contributed by atoms with Gasteiger partial charge in [-0.25, -0.2) is 0 Å². The standard InChI is InChI=1S/C9H16O/c1-3-5-9(2)6-4-8(10)7-9/h3-7H2,1-2H3. The fourth-order valence-electron chi connectivity index (χ4n) is 1.91. The maximum absolute atomic E-state index is 10.9. The van der Waals surface area contributed by atoms with Crippen molar-refractivity contribution in [3.8, 4) is 0 Å². The maximum Gasteiger partial charge on any atom is 0.133 e. The molecule has 1 atom stereocenters. The Labute approximate surface area is 62.8 Å². The summed E-state index contributed by atoms with van der Waals surface area (Å²) in [4.78, 5) is 10.9. The fourth-order valence-corrected chi connectivity index (χ4v) is 1.91. The van der Waals surface area contributed by atoms with E-state index < -0.39 is 0 Å². The number of rotatable bonds is 2. The first-order valence-corrected chi connectivity index (χ1v) is 4.18. The molecule has 0 amide bonds. The summed E-state index contributed by atoms with van der Waals surface area (Å²) in [6.07, 6.45) is 5.22. The SMILES string of the molecule is CCCC1(C)CCC(=O)C1. The van der Waals surface area contributed by atoms with Crippen molar-refractivity contribution in [2.45, 2.75) is 46.0 Å².